The zero-order valence-corrected chi connectivity index (χ0v) is 7.61. The molecular weight excluding hydrogens is 201 g/mol. The molecule has 0 unspecified atom stereocenters. The summed E-state index contributed by atoms with van der Waals surface area (Å²) in [6.45, 7) is 0. The molecule has 0 heterocycles. The molecule has 0 aliphatic heterocycles. The van der Waals surface area contributed by atoms with Crippen LogP contribution in [0.3, 0.4) is 0 Å². The Labute approximate surface area is 85.0 Å². The third kappa shape index (κ3) is 2.63. The van der Waals surface area contributed by atoms with Crippen molar-refractivity contribution < 1.29 is 19.1 Å². The monoisotopic (exact) mass is 209 g/mol. The van der Waals surface area contributed by atoms with E-state index in [1.165, 1.54) is 24.3 Å². The van der Waals surface area contributed by atoms with Crippen LogP contribution in [0, 0.1) is 5.82 Å². The Morgan fingerprint density at radius 1 is 1.40 bits per heavy atom. The molecule has 0 bridgehead atoms. The number of rotatable bonds is 3. The maximum Gasteiger partial charge on any atom is 0.262 e. The number of halogens is 1. The Morgan fingerprint density at radius 3 is 2.60 bits per heavy atom. The van der Waals surface area contributed by atoms with Gasteiger partial charge in [-0.15, -0.1) is 0 Å². The number of benzene rings is 1. The molecule has 1 rings (SSSR count). The van der Waals surface area contributed by atoms with Crippen LogP contribution in [0.25, 0.3) is 0 Å². The summed E-state index contributed by atoms with van der Waals surface area (Å²) in [6.07, 6.45) is 0.541. The van der Waals surface area contributed by atoms with Crippen molar-refractivity contribution in [3.8, 4) is 0 Å². The average Bonchev–Trinajstić information content (AvgIpc) is 2.23. The Kier molecular flexibility index (Phi) is 3.56. The summed E-state index contributed by atoms with van der Waals surface area (Å²) in [7, 11) is 0. The number of aliphatic hydroxyl groups excluding tert-OH is 1. The van der Waals surface area contributed by atoms with Gasteiger partial charge in [-0.3, -0.25) is 9.59 Å². The largest absolute Gasteiger partial charge is 0.515 e. The van der Waals surface area contributed by atoms with E-state index in [2.05, 4.69) is 5.32 Å². The van der Waals surface area contributed by atoms with Crippen LogP contribution in [0.4, 0.5) is 10.1 Å². The second-order valence-corrected chi connectivity index (χ2v) is 2.64. The van der Waals surface area contributed by atoms with Gasteiger partial charge in [0.2, 0.25) is 0 Å². The molecule has 15 heavy (non-hydrogen) atoms. The van der Waals surface area contributed by atoms with E-state index in [0.717, 1.165) is 0 Å². The molecule has 5 heteroatoms. The highest BCUT2D eigenvalue weighted by atomic mass is 19.1. The van der Waals surface area contributed by atoms with Gasteiger partial charge in [0.25, 0.3) is 5.91 Å². The fourth-order valence-corrected chi connectivity index (χ4v) is 0.900. The predicted molar refractivity (Wildman–Crippen MR) is 51.8 cm³/mol. The predicted octanol–water partition coefficient (Wildman–Crippen LogP) is 1.40. The second-order valence-electron chi connectivity index (χ2n) is 2.64. The van der Waals surface area contributed by atoms with Crippen LogP contribution in [-0.4, -0.2) is 17.3 Å². The minimum absolute atomic E-state index is 0.0521. The summed E-state index contributed by atoms with van der Waals surface area (Å²) in [6, 6.07) is 5.50. The van der Waals surface area contributed by atoms with Crippen molar-refractivity contribution in [1.82, 2.24) is 0 Å². The molecule has 2 N–H and O–H groups in total. The number of amides is 1. The smallest absolute Gasteiger partial charge is 0.262 e. The van der Waals surface area contributed by atoms with Crippen LogP contribution in [0.1, 0.15) is 0 Å². The van der Waals surface area contributed by atoms with Crippen molar-refractivity contribution in [2.45, 2.75) is 0 Å². The molecule has 0 aliphatic rings. The first-order valence-electron chi connectivity index (χ1n) is 4.04. The molecule has 0 aliphatic carbocycles. The molecule has 0 radical (unpaired) electrons. The molecular formula is C10H8FNO3. The SMILES string of the molecule is O=C/C(=C/O)C(=O)Nc1ccccc1F. The van der Waals surface area contributed by atoms with E-state index in [9.17, 15) is 14.0 Å². The number of nitrogens with one attached hydrogen (secondary N) is 1. The van der Waals surface area contributed by atoms with Crippen molar-refractivity contribution in [2.75, 3.05) is 5.32 Å². The summed E-state index contributed by atoms with van der Waals surface area (Å²) in [5, 5.41) is 10.6. The van der Waals surface area contributed by atoms with E-state index >= 15 is 0 Å². The fourth-order valence-electron chi connectivity index (χ4n) is 0.900. The lowest BCUT2D eigenvalue weighted by Gasteiger charge is -2.04. The summed E-state index contributed by atoms with van der Waals surface area (Å²) >= 11 is 0. The molecule has 78 valence electrons. The number of carbonyl (C=O) groups excluding carboxylic acids is 2. The zero-order chi connectivity index (χ0) is 11.3. The van der Waals surface area contributed by atoms with Gasteiger partial charge in [-0.25, -0.2) is 4.39 Å². The van der Waals surface area contributed by atoms with Gasteiger partial charge in [-0.2, -0.15) is 0 Å². The lowest BCUT2D eigenvalue weighted by molar-refractivity contribution is -0.115. The van der Waals surface area contributed by atoms with Crippen molar-refractivity contribution >= 4 is 17.9 Å². The normalized spacial score (nSPS) is 10.9. The molecule has 0 atom stereocenters. The summed E-state index contributed by atoms with van der Waals surface area (Å²) in [5.41, 5.74) is -0.526. The number of aliphatic hydroxyl groups is 1. The van der Waals surface area contributed by atoms with Crippen LogP contribution in [0.15, 0.2) is 36.1 Å². The number of anilines is 1. The highest BCUT2D eigenvalue weighted by Crippen LogP contribution is 2.12. The molecule has 1 amide bonds. The van der Waals surface area contributed by atoms with E-state index in [1.807, 2.05) is 0 Å². The minimum Gasteiger partial charge on any atom is -0.515 e. The van der Waals surface area contributed by atoms with Crippen molar-refractivity contribution in [3.63, 3.8) is 0 Å². The zero-order valence-electron chi connectivity index (χ0n) is 7.61. The summed E-state index contributed by atoms with van der Waals surface area (Å²) < 4.78 is 13.0. The number of hydrogen-bond donors (Lipinski definition) is 2. The summed E-state index contributed by atoms with van der Waals surface area (Å²) in [4.78, 5) is 21.5. The molecule has 0 saturated carbocycles. The van der Waals surface area contributed by atoms with E-state index in [-0.39, 0.29) is 12.0 Å². The van der Waals surface area contributed by atoms with Crippen molar-refractivity contribution in [2.24, 2.45) is 0 Å². The van der Waals surface area contributed by atoms with Gasteiger partial charge < -0.3 is 10.4 Å². The minimum atomic E-state index is -0.863. The van der Waals surface area contributed by atoms with Gasteiger partial charge in [0.1, 0.15) is 11.4 Å². The molecule has 1 aromatic rings. The third-order valence-electron chi connectivity index (χ3n) is 1.65. The Balaban J connectivity index is 2.84. The average molecular weight is 209 g/mol. The topological polar surface area (TPSA) is 66.4 Å². The highest BCUT2D eigenvalue weighted by molar-refractivity contribution is 6.16. The Morgan fingerprint density at radius 2 is 2.07 bits per heavy atom. The number of para-hydroxylation sites is 1. The quantitative estimate of drug-likeness (QED) is 0.260. The van der Waals surface area contributed by atoms with Crippen molar-refractivity contribution in [3.05, 3.63) is 41.9 Å². The second kappa shape index (κ2) is 4.90. The van der Waals surface area contributed by atoms with Crippen LogP contribution in [0.5, 0.6) is 0 Å². The first-order valence-corrected chi connectivity index (χ1v) is 4.04. The fraction of sp³-hybridized carbons (Fsp3) is 0. The van der Waals surface area contributed by atoms with Crippen LogP contribution in [-0.2, 0) is 9.59 Å². The van der Waals surface area contributed by atoms with Gasteiger partial charge in [-0.1, -0.05) is 12.1 Å². The molecule has 0 saturated heterocycles. The van der Waals surface area contributed by atoms with Gasteiger partial charge >= 0.3 is 0 Å². The van der Waals surface area contributed by atoms with Crippen LogP contribution >= 0.6 is 0 Å². The van der Waals surface area contributed by atoms with Gasteiger partial charge in [0, 0.05) is 0 Å². The van der Waals surface area contributed by atoms with Gasteiger partial charge in [0.05, 0.1) is 11.9 Å². The number of carbonyl (C=O) groups is 2. The first kappa shape index (κ1) is 10.9. The lowest BCUT2D eigenvalue weighted by Crippen LogP contribution is -2.16. The number of hydrogen-bond acceptors (Lipinski definition) is 3. The molecule has 0 aromatic heterocycles. The van der Waals surface area contributed by atoms with Crippen molar-refractivity contribution in [1.29, 1.82) is 0 Å². The molecule has 0 spiro atoms. The third-order valence-corrected chi connectivity index (χ3v) is 1.65. The maximum atomic E-state index is 13.0. The first-order chi connectivity index (χ1) is 7.19. The lowest BCUT2D eigenvalue weighted by atomic mass is 10.2. The van der Waals surface area contributed by atoms with E-state index in [0.29, 0.717) is 6.26 Å². The van der Waals surface area contributed by atoms with E-state index in [1.54, 1.807) is 0 Å². The van der Waals surface area contributed by atoms with Gasteiger partial charge in [0.15, 0.2) is 6.29 Å². The van der Waals surface area contributed by atoms with E-state index in [4.69, 9.17) is 5.11 Å². The van der Waals surface area contributed by atoms with Gasteiger partial charge in [-0.05, 0) is 12.1 Å². The molecule has 0 fully saturated rings. The molecule has 4 nitrogen and oxygen atoms in total. The van der Waals surface area contributed by atoms with Crippen LogP contribution < -0.4 is 5.32 Å². The molecule has 1 aromatic carbocycles. The Hall–Kier alpha value is -2.17. The van der Waals surface area contributed by atoms with Crippen LogP contribution in [0.2, 0.25) is 0 Å². The standard InChI is InChI=1S/C10H8FNO3/c11-8-3-1-2-4-9(8)12-10(15)7(5-13)6-14/h1-6,13H,(H,12,15)/b7-5-. The highest BCUT2D eigenvalue weighted by Gasteiger charge is 2.10. The van der Waals surface area contributed by atoms with E-state index < -0.39 is 17.3 Å². The summed E-state index contributed by atoms with van der Waals surface area (Å²) in [5.74, 6) is -1.48. The number of aldehydes is 1. The maximum absolute atomic E-state index is 13.0. The Bertz CT molecular complexity index is 415.